The summed E-state index contributed by atoms with van der Waals surface area (Å²) in [5.74, 6) is 0.555. The number of benzene rings is 4. The minimum absolute atomic E-state index is 0.100. The molecule has 0 bridgehead atoms. The van der Waals surface area contributed by atoms with Gasteiger partial charge in [0.2, 0.25) is 0 Å². The number of anilines is 1. The van der Waals surface area contributed by atoms with Gasteiger partial charge in [-0.15, -0.1) is 0 Å². The second-order valence-electron chi connectivity index (χ2n) is 10.6. The summed E-state index contributed by atoms with van der Waals surface area (Å²) < 4.78 is 20.0. The van der Waals surface area contributed by atoms with Crippen LogP contribution >= 0.6 is 0 Å². The van der Waals surface area contributed by atoms with Crippen molar-refractivity contribution in [3.8, 4) is 5.75 Å². The van der Waals surface area contributed by atoms with E-state index in [0.29, 0.717) is 17.7 Å². The van der Waals surface area contributed by atoms with Crippen LogP contribution in [-0.2, 0) is 11.4 Å². The van der Waals surface area contributed by atoms with E-state index in [2.05, 4.69) is 49.5 Å². The van der Waals surface area contributed by atoms with Crippen molar-refractivity contribution in [3.05, 3.63) is 113 Å². The predicted molar refractivity (Wildman–Crippen MR) is 142 cm³/mol. The normalized spacial score (nSPS) is 18.4. The number of ether oxygens (including phenoxy) is 1. The number of nitrogens with one attached hydrogen (secondary N) is 1. The molecule has 0 spiro atoms. The smallest absolute Gasteiger partial charge is 0.162 e. The first-order chi connectivity index (χ1) is 17.4. The number of hydrogen-bond acceptors (Lipinski definition) is 3. The quantitative estimate of drug-likeness (QED) is 0.325. The van der Waals surface area contributed by atoms with Gasteiger partial charge < -0.3 is 10.1 Å². The number of ketones is 1. The lowest BCUT2D eigenvalue weighted by Crippen LogP contribution is -2.33. The van der Waals surface area contributed by atoms with Crippen LogP contribution in [0.2, 0.25) is 0 Å². The first-order valence-corrected chi connectivity index (χ1v) is 12.4. The second kappa shape index (κ2) is 8.63. The van der Waals surface area contributed by atoms with Crippen molar-refractivity contribution >= 4 is 27.8 Å². The van der Waals surface area contributed by atoms with Crippen LogP contribution in [0, 0.1) is 11.2 Å². The summed E-state index contributed by atoms with van der Waals surface area (Å²) in [4.78, 5) is 13.6. The van der Waals surface area contributed by atoms with Gasteiger partial charge in [-0.05, 0) is 58.0 Å². The molecule has 6 rings (SSSR count). The van der Waals surface area contributed by atoms with Crippen molar-refractivity contribution < 1.29 is 13.9 Å². The number of hydrogen-bond donors (Lipinski definition) is 1. The molecule has 1 aliphatic heterocycles. The Labute approximate surface area is 210 Å². The van der Waals surface area contributed by atoms with Crippen molar-refractivity contribution in [3.63, 3.8) is 0 Å². The highest BCUT2D eigenvalue weighted by molar-refractivity contribution is 6.12. The molecule has 36 heavy (non-hydrogen) atoms. The molecular weight excluding hydrogens is 449 g/mol. The highest BCUT2D eigenvalue weighted by Gasteiger charge is 2.40. The van der Waals surface area contributed by atoms with Gasteiger partial charge in [-0.1, -0.05) is 74.5 Å². The number of allylic oxidation sites excluding steroid dienone is 1. The van der Waals surface area contributed by atoms with Crippen LogP contribution in [0.4, 0.5) is 10.1 Å². The fourth-order valence-electron chi connectivity index (χ4n) is 5.65. The first-order valence-electron chi connectivity index (χ1n) is 12.4. The molecule has 0 fully saturated rings. The number of Topliss-reactive ketones (excluding diaryl/α,β-unsaturated/α-hetero) is 1. The van der Waals surface area contributed by atoms with Crippen molar-refractivity contribution in [2.45, 2.75) is 39.3 Å². The third-order valence-corrected chi connectivity index (χ3v) is 7.28. The molecule has 0 aromatic heterocycles. The summed E-state index contributed by atoms with van der Waals surface area (Å²) in [6.45, 7) is 4.49. The molecule has 0 unspecified atom stereocenters. The van der Waals surface area contributed by atoms with Crippen LogP contribution in [0.15, 0.2) is 90.5 Å². The fraction of sp³-hybridized carbons (Fsp3) is 0.219. The molecule has 0 saturated heterocycles. The van der Waals surface area contributed by atoms with Gasteiger partial charge in [0.1, 0.15) is 18.2 Å². The predicted octanol–water partition coefficient (Wildman–Crippen LogP) is 7.87. The molecule has 4 aromatic rings. The van der Waals surface area contributed by atoms with E-state index in [1.54, 1.807) is 18.2 Å². The third-order valence-electron chi connectivity index (χ3n) is 7.28. The van der Waals surface area contributed by atoms with E-state index in [4.69, 9.17) is 4.74 Å². The Morgan fingerprint density at radius 3 is 2.61 bits per heavy atom. The Morgan fingerprint density at radius 2 is 1.75 bits per heavy atom. The summed E-state index contributed by atoms with van der Waals surface area (Å²) in [6, 6.07) is 26.8. The number of rotatable bonds is 4. The van der Waals surface area contributed by atoms with E-state index < -0.39 is 0 Å². The molecule has 0 amide bonds. The summed E-state index contributed by atoms with van der Waals surface area (Å²) in [6.07, 6.45) is 1.37. The Kier molecular flexibility index (Phi) is 5.40. The van der Waals surface area contributed by atoms with Crippen molar-refractivity contribution in [2.75, 3.05) is 5.32 Å². The largest absolute Gasteiger partial charge is 0.489 e. The van der Waals surface area contributed by atoms with Crippen LogP contribution in [0.5, 0.6) is 5.75 Å². The fourth-order valence-corrected chi connectivity index (χ4v) is 5.65. The summed E-state index contributed by atoms with van der Waals surface area (Å²) in [7, 11) is 0. The van der Waals surface area contributed by atoms with E-state index >= 15 is 0 Å². The first kappa shape index (κ1) is 22.5. The van der Waals surface area contributed by atoms with Crippen molar-refractivity contribution in [1.82, 2.24) is 0 Å². The second-order valence-corrected chi connectivity index (χ2v) is 10.6. The average Bonchev–Trinajstić information content (AvgIpc) is 2.87. The van der Waals surface area contributed by atoms with Crippen LogP contribution in [0.25, 0.3) is 16.3 Å². The maximum absolute atomic E-state index is 14.1. The molecular formula is C32H28FNO2. The molecule has 1 aliphatic carbocycles. The molecule has 1 heterocycles. The zero-order valence-electron chi connectivity index (χ0n) is 20.5. The van der Waals surface area contributed by atoms with Crippen LogP contribution in [-0.4, -0.2) is 5.78 Å². The highest BCUT2D eigenvalue weighted by Crippen LogP contribution is 2.52. The van der Waals surface area contributed by atoms with E-state index in [9.17, 15) is 9.18 Å². The van der Waals surface area contributed by atoms with Gasteiger partial charge in [-0.2, -0.15) is 0 Å². The van der Waals surface area contributed by atoms with E-state index in [0.717, 1.165) is 34.4 Å². The van der Waals surface area contributed by atoms with Gasteiger partial charge in [0.25, 0.3) is 0 Å². The molecule has 2 aliphatic rings. The summed E-state index contributed by atoms with van der Waals surface area (Å²) in [5.41, 5.74) is 5.55. The lowest BCUT2D eigenvalue weighted by atomic mass is 9.68. The van der Waals surface area contributed by atoms with Gasteiger partial charge in [0.05, 0.1) is 6.04 Å². The Balaban J connectivity index is 1.43. The van der Waals surface area contributed by atoms with Crippen molar-refractivity contribution in [2.24, 2.45) is 5.41 Å². The SMILES string of the molecule is CC1(C)CC(=O)C2=C(C1)c1c(ccc3ccccc13)N[C@H]2c1cccc(OCc2ccccc2F)c1. The topological polar surface area (TPSA) is 38.3 Å². The number of carbonyl (C=O) groups is 1. The standard InChI is InChI=1S/C32H28FNO2/c1-32(2)17-25-29-24-12-5-3-8-20(24)14-15-27(29)34-31(30(25)28(35)18-32)21-10-7-11-23(16-21)36-19-22-9-4-6-13-26(22)33/h3-16,31,34H,17-19H2,1-2H3/t31-/m0/s1. The van der Waals surface area contributed by atoms with Gasteiger partial charge >= 0.3 is 0 Å². The average molecular weight is 478 g/mol. The van der Waals surface area contributed by atoms with Crippen LogP contribution in [0.3, 0.4) is 0 Å². The zero-order chi connectivity index (χ0) is 24.9. The molecule has 4 heteroatoms. The Morgan fingerprint density at radius 1 is 0.944 bits per heavy atom. The Hall–Kier alpha value is -3.92. The minimum Gasteiger partial charge on any atom is -0.489 e. The Bertz CT molecular complexity index is 1530. The zero-order valence-corrected chi connectivity index (χ0v) is 20.5. The van der Waals surface area contributed by atoms with E-state index in [-0.39, 0.29) is 29.7 Å². The van der Waals surface area contributed by atoms with Crippen molar-refractivity contribution in [1.29, 1.82) is 0 Å². The molecule has 0 saturated carbocycles. The number of halogens is 1. The highest BCUT2D eigenvalue weighted by atomic mass is 19.1. The van der Waals surface area contributed by atoms with E-state index in [1.165, 1.54) is 16.8 Å². The van der Waals surface area contributed by atoms with Gasteiger partial charge in [0.15, 0.2) is 5.78 Å². The summed E-state index contributed by atoms with van der Waals surface area (Å²) >= 11 is 0. The maximum atomic E-state index is 14.1. The minimum atomic E-state index is -0.281. The van der Waals surface area contributed by atoms with Gasteiger partial charge in [-0.3, -0.25) is 4.79 Å². The summed E-state index contributed by atoms with van der Waals surface area (Å²) in [5, 5.41) is 6.01. The molecule has 0 radical (unpaired) electrons. The molecule has 4 aromatic carbocycles. The molecule has 3 nitrogen and oxygen atoms in total. The third kappa shape index (κ3) is 3.97. The number of carbonyl (C=O) groups excluding carboxylic acids is 1. The molecule has 180 valence electrons. The van der Waals surface area contributed by atoms with Gasteiger partial charge in [0, 0.05) is 28.8 Å². The lowest BCUT2D eigenvalue weighted by Gasteiger charge is -2.40. The van der Waals surface area contributed by atoms with Crippen LogP contribution in [0.1, 0.15) is 49.4 Å². The maximum Gasteiger partial charge on any atom is 0.162 e. The molecule has 1 N–H and O–H groups in total. The number of fused-ring (bicyclic) bond motifs is 4. The molecule has 1 atom stereocenters. The van der Waals surface area contributed by atoms with E-state index in [1.807, 2.05) is 30.3 Å². The monoisotopic (exact) mass is 477 g/mol. The lowest BCUT2D eigenvalue weighted by molar-refractivity contribution is -0.118. The van der Waals surface area contributed by atoms with Gasteiger partial charge in [-0.25, -0.2) is 4.39 Å². The van der Waals surface area contributed by atoms with Crippen LogP contribution < -0.4 is 10.1 Å².